The zero-order valence-electron chi connectivity index (χ0n) is 13.4. The first-order valence-electron chi connectivity index (χ1n) is 7.99. The van der Waals surface area contributed by atoms with Gasteiger partial charge in [-0.1, -0.05) is 12.1 Å². The molecule has 0 unspecified atom stereocenters. The van der Waals surface area contributed by atoms with E-state index < -0.39 is 0 Å². The number of fused-ring (bicyclic) bond motifs is 1. The molecule has 24 heavy (non-hydrogen) atoms. The third-order valence-corrected chi connectivity index (χ3v) is 4.26. The number of para-hydroxylation sites is 1. The van der Waals surface area contributed by atoms with Crippen molar-refractivity contribution in [2.75, 3.05) is 36.0 Å². The summed E-state index contributed by atoms with van der Waals surface area (Å²) in [5.74, 6) is 2.36. The fourth-order valence-electron chi connectivity index (χ4n) is 2.99. The minimum Gasteiger partial charge on any atom is -0.353 e. The van der Waals surface area contributed by atoms with E-state index >= 15 is 0 Å². The van der Waals surface area contributed by atoms with Crippen molar-refractivity contribution in [2.45, 2.75) is 6.92 Å². The van der Waals surface area contributed by atoms with Gasteiger partial charge < -0.3 is 9.80 Å². The zero-order chi connectivity index (χ0) is 16.5. The SMILES string of the molecule is Cc1nccc(N2CCN(c3nc4ccccc4c(=O)[nH]3)CC2)n1. The Morgan fingerprint density at radius 1 is 1.00 bits per heavy atom. The molecule has 0 bridgehead atoms. The van der Waals surface area contributed by atoms with Gasteiger partial charge in [-0.25, -0.2) is 15.0 Å². The average molecular weight is 322 g/mol. The number of aromatic nitrogens is 4. The summed E-state index contributed by atoms with van der Waals surface area (Å²) in [6.07, 6.45) is 1.78. The van der Waals surface area contributed by atoms with Gasteiger partial charge in [0.15, 0.2) is 0 Å². The van der Waals surface area contributed by atoms with Gasteiger partial charge in [-0.2, -0.15) is 0 Å². The predicted octanol–water partition coefficient (Wildman–Crippen LogP) is 1.35. The lowest BCUT2D eigenvalue weighted by molar-refractivity contribution is 0.633. The molecule has 1 aromatic carbocycles. The number of benzene rings is 1. The summed E-state index contributed by atoms with van der Waals surface area (Å²) in [7, 11) is 0. The lowest BCUT2D eigenvalue weighted by Crippen LogP contribution is -2.47. The fourth-order valence-corrected chi connectivity index (χ4v) is 2.99. The second-order valence-corrected chi connectivity index (χ2v) is 5.84. The Kier molecular flexibility index (Phi) is 3.60. The van der Waals surface area contributed by atoms with Crippen LogP contribution in [0.4, 0.5) is 11.8 Å². The number of hydrogen-bond donors (Lipinski definition) is 1. The molecular formula is C17H18N6O. The van der Waals surface area contributed by atoms with Crippen molar-refractivity contribution < 1.29 is 0 Å². The topological polar surface area (TPSA) is 78.0 Å². The first kappa shape index (κ1) is 14.6. The highest BCUT2D eigenvalue weighted by Crippen LogP contribution is 2.17. The highest BCUT2D eigenvalue weighted by Gasteiger charge is 2.20. The van der Waals surface area contributed by atoms with Gasteiger partial charge in [-0.15, -0.1) is 0 Å². The van der Waals surface area contributed by atoms with Crippen LogP contribution in [-0.4, -0.2) is 46.1 Å². The number of rotatable bonds is 2. The normalized spacial score (nSPS) is 15.0. The number of anilines is 2. The molecule has 1 fully saturated rings. The molecule has 1 saturated heterocycles. The lowest BCUT2D eigenvalue weighted by Gasteiger charge is -2.35. The van der Waals surface area contributed by atoms with Crippen LogP contribution >= 0.6 is 0 Å². The van der Waals surface area contributed by atoms with Gasteiger partial charge in [0.2, 0.25) is 5.95 Å². The molecule has 0 radical (unpaired) electrons. The molecule has 3 heterocycles. The predicted molar refractivity (Wildman–Crippen MR) is 93.6 cm³/mol. The van der Waals surface area contributed by atoms with E-state index in [9.17, 15) is 4.79 Å². The van der Waals surface area contributed by atoms with E-state index in [4.69, 9.17) is 0 Å². The van der Waals surface area contributed by atoms with Crippen molar-refractivity contribution >= 4 is 22.7 Å². The van der Waals surface area contributed by atoms with Crippen LogP contribution in [0.2, 0.25) is 0 Å². The standard InChI is InChI=1S/C17H18N6O/c1-12-18-7-6-15(19-12)22-8-10-23(11-9-22)17-20-14-5-3-2-4-13(14)16(24)21-17/h2-7H,8-11H2,1H3,(H,20,21,24). The van der Waals surface area contributed by atoms with Crippen molar-refractivity contribution in [1.82, 2.24) is 19.9 Å². The van der Waals surface area contributed by atoms with E-state index in [-0.39, 0.29) is 5.56 Å². The summed E-state index contributed by atoms with van der Waals surface area (Å²) in [4.78, 5) is 32.7. The first-order chi connectivity index (χ1) is 11.7. The molecule has 0 aliphatic carbocycles. The number of aromatic amines is 1. The number of piperazine rings is 1. The van der Waals surface area contributed by atoms with Crippen LogP contribution in [-0.2, 0) is 0 Å². The molecule has 1 N–H and O–H groups in total. The Morgan fingerprint density at radius 3 is 2.54 bits per heavy atom. The molecule has 7 nitrogen and oxygen atoms in total. The van der Waals surface area contributed by atoms with Crippen LogP contribution in [0.3, 0.4) is 0 Å². The van der Waals surface area contributed by atoms with Gasteiger partial charge in [0.25, 0.3) is 5.56 Å². The molecule has 1 aliphatic rings. The van der Waals surface area contributed by atoms with Crippen LogP contribution in [0.1, 0.15) is 5.82 Å². The van der Waals surface area contributed by atoms with E-state index in [1.165, 1.54) is 0 Å². The van der Waals surface area contributed by atoms with Gasteiger partial charge in [-0.05, 0) is 25.1 Å². The smallest absolute Gasteiger partial charge is 0.260 e. The zero-order valence-corrected chi connectivity index (χ0v) is 13.4. The summed E-state index contributed by atoms with van der Waals surface area (Å²) in [6, 6.07) is 9.34. The molecule has 2 aromatic heterocycles. The van der Waals surface area contributed by atoms with Gasteiger partial charge in [0.05, 0.1) is 10.9 Å². The van der Waals surface area contributed by atoms with Crippen molar-refractivity contribution in [2.24, 2.45) is 0 Å². The summed E-state index contributed by atoms with van der Waals surface area (Å²) in [5.41, 5.74) is 0.634. The van der Waals surface area contributed by atoms with Crippen LogP contribution in [0.25, 0.3) is 10.9 Å². The maximum Gasteiger partial charge on any atom is 0.260 e. The van der Waals surface area contributed by atoms with E-state index in [0.717, 1.165) is 43.3 Å². The van der Waals surface area contributed by atoms with Crippen LogP contribution in [0.15, 0.2) is 41.3 Å². The average Bonchev–Trinajstić information content (AvgIpc) is 2.62. The van der Waals surface area contributed by atoms with Crippen molar-refractivity contribution in [3.63, 3.8) is 0 Å². The molecule has 0 spiro atoms. The maximum absolute atomic E-state index is 12.2. The number of aryl methyl sites for hydroxylation is 1. The van der Waals surface area contributed by atoms with Gasteiger partial charge in [0, 0.05) is 32.4 Å². The molecule has 0 saturated carbocycles. The molecule has 7 heteroatoms. The molecule has 0 amide bonds. The summed E-state index contributed by atoms with van der Waals surface area (Å²) in [6.45, 7) is 5.11. The summed E-state index contributed by atoms with van der Waals surface area (Å²) < 4.78 is 0. The maximum atomic E-state index is 12.2. The molecule has 4 rings (SSSR count). The quantitative estimate of drug-likeness (QED) is 0.767. The number of nitrogens with zero attached hydrogens (tertiary/aromatic N) is 5. The molecule has 0 atom stereocenters. The highest BCUT2D eigenvalue weighted by molar-refractivity contribution is 5.78. The number of H-pyrrole nitrogens is 1. The van der Waals surface area contributed by atoms with E-state index in [1.54, 1.807) is 12.3 Å². The van der Waals surface area contributed by atoms with Gasteiger partial charge >= 0.3 is 0 Å². The van der Waals surface area contributed by atoms with Crippen molar-refractivity contribution in [1.29, 1.82) is 0 Å². The van der Waals surface area contributed by atoms with Crippen molar-refractivity contribution in [3.8, 4) is 0 Å². The van der Waals surface area contributed by atoms with E-state index in [2.05, 4.69) is 29.7 Å². The largest absolute Gasteiger partial charge is 0.353 e. The number of hydrogen-bond acceptors (Lipinski definition) is 6. The Hall–Kier alpha value is -2.96. The van der Waals surface area contributed by atoms with Gasteiger partial charge in [0.1, 0.15) is 11.6 Å². The van der Waals surface area contributed by atoms with E-state index in [1.807, 2.05) is 31.2 Å². The Bertz CT molecular complexity index is 930. The number of nitrogens with one attached hydrogen (secondary N) is 1. The molecule has 122 valence electrons. The minimum atomic E-state index is -0.0931. The molecule has 3 aromatic rings. The third-order valence-electron chi connectivity index (χ3n) is 4.26. The Morgan fingerprint density at radius 2 is 1.75 bits per heavy atom. The van der Waals surface area contributed by atoms with Crippen LogP contribution < -0.4 is 15.4 Å². The Labute approximate surface area is 139 Å². The second kappa shape index (κ2) is 5.92. The summed E-state index contributed by atoms with van der Waals surface area (Å²) in [5, 5.41) is 0.622. The minimum absolute atomic E-state index is 0.0931. The van der Waals surface area contributed by atoms with Gasteiger partial charge in [-0.3, -0.25) is 9.78 Å². The second-order valence-electron chi connectivity index (χ2n) is 5.84. The lowest BCUT2D eigenvalue weighted by atomic mass is 10.2. The summed E-state index contributed by atoms with van der Waals surface area (Å²) >= 11 is 0. The van der Waals surface area contributed by atoms with E-state index in [0.29, 0.717) is 11.3 Å². The molecular weight excluding hydrogens is 304 g/mol. The Balaban J connectivity index is 1.55. The monoisotopic (exact) mass is 322 g/mol. The highest BCUT2D eigenvalue weighted by atomic mass is 16.1. The van der Waals surface area contributed by atoms with Crippen LogP contribution in [0, 0.1) is 6.92 Å². The fraction of sp³-hybridized carbons (Fsp3) is 0.294. The first-order valence-corrected chi connectivity index (χ1v) is 7.99. The van der Waals surface area contributed by atoms with Crippen LogP contribution in [0.5, 0.6) is 0 Å². The molecule has 1 aliphatic heterocycles. The third kappa shape index (κ3) is 2.68. The van der Waals surface area contributed by atoms with Crippen molar-refractivity contribution in [3.05, 3.63) is 52.7 Å².